The average Bonchev–Trinajstić information content (AvgIpc) is 2.20. The molecule has 1 rings (SSSR count). The monoisotopic (exact) mass is 239 g/mol. The molecule has 1 aromatic carbocycles. The van der Waals surface area contributed by atoms with Crippen LogP contribution in [-0.2, 0) is 11.3 Å². The molecule has 5 heteroatoms. The maximum Gasteiger partial charge on any atom is 0.320 e. The van der Waals surface area contributed by atoms with Crippen LogP contribution in [0, 0.1) is 5.92 Å². The van der Waals surface area contributed by atoms with Crippen molar-refractivity contribution < 1.29 is 20.1 Å². The van der Waals surface area contributed by atoms with Crippen LogP contribution in [0.3, 0.4) is 0 Å². The molecule has 0 aliphatic carbocycles. The number of aromatic hydroxyl groups is 2. The molecule has 0 spiro atoms. The first-order chi connectivity index (χ1) is 7.91. The van der Waals surface area contributed by atoms with Gasteiger partial charge in [0, 0.05) is 18.2 Å². The molecule has 0 fully saturated rings. The Balaban J connectivity index is 2.69. The number of hydrogen-bond donors (Lipinski definition) is 4. The van der Waals surface area contributed by atoms with Crippen LogP contribution >= 0.6 is 0 Å². The SMILES string of the molecule is CC(C)[C@H](NCc1ccc(O)cc1O)C(=O)O. The summed E-state index contributed by atoms with van der Waals surface area (Å²) in [6.07, 6.45) is 0. The molecular weight excluding hydrogens is 222 g/mol. The summed E-state index contributed by atoms with van der Waals surface area (Å²) in [6.45, 7) is 3.85. The maximum atomic E-state index is 10.9. The van der Waals surface area contributed by atoms with Gasteiger partial charge in [-0.05, 0) is 12.0 Å². The van der Waals surface area contributed by atoms with Crippen molar-refractivity contribution in [3.05, 3.63) is 23.8 Å². The quantitative estimate of drug-likeness (QED) is 0.621. The fourth-order valence-corrected chi connectivity index (χ4v) is 1.53. The fraction of sp³-hybridized carbons (Fsp3) is 0.417. The topological polar surface area (TPSA) is 89.8 Å². The van der Waals surface area contributed by atoms with E-state index in [9.17, 15) is 9.90 Å². The zero-order valence-electron chi connectivity index (χ0n) is 9.84. The number of carboxylic acids is 1. The lowest BCUT2D eigenvalue weighted by molar-refractivity contribution is -0.140. The van der Waals surface area contributed by atoms with Gasteiger partial charge in [-0.15, -0.1) is 0 Å². The Bertz CT molecular complexity index is 403. The van der Waals surface area contributed by atoms with Crippen molar-refractivity contribution >= 4 is 5.97 Å². The lowest BCUT2D eigenvalue weighted by Crippen LogP contribution is -2.40. The molecule has 94 valence electrons. The highest BCUT2D eigenvalue weighted by Gasteiger charge is 2.20. The Labute approximate surface area is 99.7 Å². The summed E-state index contributed by atoms with van der Waals surface area (Å²) in [6, 6.07) is 3.56. The third kappa shape index (κ3) is 3.64. The van der Waals surface area contributed by atoms with Crippen LogP contribution in [0.4, 0.5) is 0 Å². The summed E-state index contributed by atoms with van der Waals surface area (Å²) in [7, 11) is 0. The van der Waals surface area contributed by atoms with Crippen molar-refractivity contribution in [2.24, 2.45) is 5.92 Å². The molecule has 0 bridgehead atoms. The van der Waals surface area contributed by atoms with Crippen molar-refractivity contribution in [1.82, 2.24) is 5.32 Å². The van der Waals surface area contributed by atoms with E-state index in [-0.39, 0.29) is 24.0 Å². The highest BCUT2D eigenvalue weighted by molar-refractivity contribution is 5.73. The van der Waals surface area contributed by atoms with Crippen LogP contribution < -0.4 is 5.32 Å². The highest BCUT2D eigenvalue weighted by Crippen LogP contribution is 2.22. The summed E-state index contributed by atoms with van der Waals surface area (Å²) < 4.78 is 0. The number of benzene rings is 1. The minimum Gasteiger partial charge on any atom is -0.508 e. The highest BCUT2D eigenvalue weighted by atomic mass is 16.4. The Morgan fingerprint density at radius 2 is 2.00 bits per heavy atom. The molecule has 0 aromatic heterocycles. The van der Waals surface area contributed by atoms with E-state index in [1.54, 1.807) is 6.07 Å². The van der Waals surface area contributed by atoms with Gasteiger partial charge in [-0.25, -0.2) is 0 Å². The second-order valence-electron chi connectivity index (χ2n) is 4.25. The number of phenols is 2. The van der Waals surface area contributed by atoms with Gasteiger partial charge in [0.2, 0.25) is 0 Å². The molecule has 5 nitrogen and oxygen atoms in total. The standard InChI is InChI=1S/C12H17NO4/c1-7(2)11(12(16)17)13-6-8-3-4-9(14)5-10(8)15/h3-5,7,11,13-15H,6H2,1-2H3,(H,16,17)/t11-/m0/s1. The van der Waals surface area contributed by atoms with Gasteiger partial charge >= 0.3 is 5.97 Å². The van der Waals surface area contributed by atoms with E-state index in [2.05, 4.69) is 5.32 Å². The third-order valence-electron chi connectivity index (χ3n) is 2.51. The zero-order valence-corrected chi connectivity index (χ0v) is 9.84. The van der Waals surface area contributed by atoms with Crippen molar-refractivity contribution in [3.8, 4) is 11.5 Å². The third-order valence-corrected chi connectivity index (χ3v) is 2.51. The van der Waals surface area contributed by atoms with Crippen molar-refractivity contribution in [2.75, 3.05) is 0 Å². The summed E-state index contributed by atoms with van der Waals surface area (Å²) in [5.41, 5.74) is 0.551. The molecule has 0 amide bonds. The van der Waals surface area contributed by atoms with E-state index >= 15 is 0 Å². The minimum absolute atomic E-state index is 0.0232. The number of phenolic OH excluding ortho intramolecular Hbond substituents is 2. The fourth-order valence-electron chi connectivity index (χ4n) is 1.53. The van der Waals surface area contributed by atoms with Crippen LogP contribution in [-0.4, -0.2) is 27.3 Å². The van der Waals surface area contributed by atoms with Crippen LogP contribution in [0.2, 0.25) is 0 Å². The van der Waals surface area contributed by atoms with E-state index < -0.39 is 12.0 Å². The molecule has 0 unspecified atom stereocenters. The van der Waals surface area contributed by atoms with Crippen LogP contribution in [0.15, 0.2) is 18.2 Å². The molecule has 0 radical (unpaired) electrons. The second-order valence-corrected chi connectivity index (χ2v) is 4.25. The van der Waals surface area contributed by atoms with Crippen LogP contribution in [0.5, 0.6) is 11.5 Å². The Morgan fingerprint density at radius 1 is 1.35 bits per heavy atom. The smallest absolute Gasteiger partial charge is 0.320 e. The number of hydrogen-bond acceptors (Lipinski definition) is 4. The van der Waals surface area contributed by atoms with Gasteiger partial charge in [-0.1, -0.05) is 19.9 Å². The summed E-state index contributed by atoms with van der Waals surface area (Å²) in [4.78, 5) is 10.9. The molecule has 1 atom stereocenters. The molecule has 0 saturated heterocycles. The predicted molar refractivity (Wildman–Crippen MR) is 62.9 cm³/mol. The molecule has 0 heterocycles. The van der Waals surface area contributed by atoms with Gasteiger partial charge in [-0.3, -0.25) is 10.1 Å². The number of nitrogens with one attached hydrogen (secondary N) is 1. The van der Waals surface area contributed by atoms with Crippen LogP contribution in [0.1, 0.15) is 19.4 Å². The van der Waals surface area contributed by atoms with Gasteiger partial charge < -0.3 is 15.3 Å². The Morgan fingerprint density at radius 3 is 2.47 bits per heavy atom. The van der Waals surface area contributed by atoms with Crippen molar-refractivity contribution in [1.29, 1.82) is 0 Å². The molecule has 0 aliphatic heterocycles. The molecule has 0 aliphatic rings. The zero-order chi connectivity index (χ0) is 13.0. The van der Waals surface area contributed by atoms with Crippen molar-refractivity contribution in [2.45, 2.75) is 26.4 Å². The molecule has 0 saturated carbocycles. The maximum absolute atomic E-state index is 10.9. The van der Waals surface area contributed by atoms with E-state index in [0.717, 1.165) is 0 Å². The molecular formula is C12H17NO4. The van der Waals surface area contributed by atoms with Gasteiger partial charge in [-0.2, -0.15) is 0 Å². The summed E-state index contributed by atoms with van der Waals surface area (Å²) >= 11 is 0. The first kappa shape index (κ1) is 13.3. The molecule has 1 aromatic rings. The minimum atomic E-state index is -0.918. The lowest BCUT2D eigenvalue weighted by Gasteiger charge is -2.18. The number of carbonyl (C=O) groups is 1. The van der Waals surface area contributed by atoms with E-state index in [1.807, 2.05) is 13.8 Å². The van der Waals surface area contributed by atoms with Gasteiger partial charge in [0.05, 0.1) is 0 Å². The first-order valence-electron chi connectivity index (χ1n) is 5.39. The second kappa shape index (κ2) is 5.54. The summed E-state index contributed by atoms with van der Waals surface area (Å²) in [5, 5.41) is 30.5. The van der Waals surface area contributed by atoms with E-state index in [0.29, 0.717) is 5.56 Å². The molecule has 17 heavy (non-hydrogen) atoms. The van der Waals surface area contributed by atoms with Gasteiger partial charge in [0.1, 0.15) is 17.5 Å². The largest absolute Gasteiger partial charge is 0.508 e. The normalized spacial score (nSPS) is 12.6. The number of aliphatic carboxylic acids is 1. The molecule has 4 N–H and O–H groups in total. The lowest BCUT2D eigenvalue weighted by atomic mass is 10.0. The van der Waals surface area contributed by atoms with Crippen LogP contribution in [0.25, 0.3) is 0 Å². The van der Waals surface area contributed by atoms with E-state index in [1.165, 1.54) is 12.1 Å². The average molecular weight is 239 g/mol. The van der Waals surface area contributed by atoms with Gasteiger partial charge in [0.25, 0.3) is 0 Å². The number of rotatable bonds is 5. The Kier molecular flexibility index (Phi) is 4.34. The van der Waals surface area contributed by atoms with Gasteiger partial charge in [0.15, 0.2) is 0 Å². The summed E-state index contributed by atoms with van der Waals surface area (Å²) in [5.74, 6) is -1.04. The predicted octanol–water partition coefficient (Wildman–Crippen LogP) is 1.30. The van der Waals surface area contributed by atoms with Crippen molar-refractivity contribution in [3.63, 3.8) is 0 Å². The van der Waals surface area contributed by atoms with E-state index in [4.69, 9.17) is 10.2 Å². The Hall–Kier alpha value is -1.75. The first-order valence-corrected chi connectivity index (χ1v) is 5.39. The number of carboxylic acid groups (broad SMARTS) is 1.